The van der Waals surface area contributed by atoms with Crippen molar-refractivity contribution in [3.63, 3.8) is 0 Å². The molecule has 0 aromatic carbocycles. The first kappa shape index (κ1) is 20.2. The summed E-state index contributed by atoms with van der Waals surface area (Å²) in [5.41, 5.74) is 5.66. The first-order valence-corrected chi connectivity index (χ1v) is 10.3. The van der Waals surface area contributed by atoms with Crippen molar-refractivity contribution in [2.75, 3.05) is 26.2 Å². The van der Waals surface area contributed by atoms with Gasteiger partial charge in [0.15, 0.2) is 0 Å². The highest BCUT2D eigenvalue weighted by Gasteiger charge is 2.37. The first-order valence-electron chi connectivity index (χ1n) is 10.3. The maximum atomic E-state index is 13.2. The highest BCUT2D eigenvalue weighted by molar-refractivity contribution is 5.87. The second kappa shape index (κ2) is 9.56. The molecule has 0 aliphatic carbocycles. The van der Waals surface area contributed by atoms with Crippen molar-refractivity contribution in [1.29, 1.82) is 0 Å². The smallest absolute Gasteiger partial charge is 0.226 e. The Labute approximate surface area is 153 Å². The predicted molar refractivity (Wildman–Crippen MR) is 101 cm³/mol. The number of rotatable bonds is 8. The molecule has 5 heteroatoms. The van der Waals surface area contributed by atoms with E-state index < -0.39 is 0 Å². The number of hydrogen-bond acceptors (Lipinski definition) is 3. The molecule has 2 atom stereocenters. The molecule has 2 heterocycles. The van der Waals surface area contributed by atoms with E-state index in [0.29, 0.717) is 18.4 Å². The van der Waals surface area contributed by atoms with Gasteiger partial charge in [-0.15, -0.1) is 0 Å². The van der Waals surface area contributed by atoms with Gasteiger partial charge in [0.2, 0.25) is 11.8 Å². The summed E-state index contributed by atoms with van der Waals surface area (Å²) >= 11 is 0. The van der Waals surface area contributed by atoms with Crippen LogP contribution >= 0.6 is 0 Å². The minimum absolute atomic E-state index is 0.158. The van der Waals surface area contributed by atoms with Gasteiger partial charge in [-0.2, -0.15) is 0 Å². The Morgan fingerprint density at radius 2 is 1.64 bits per heavy atom. The number of hydrogen-bond donors (Lipinski definition) is 1. The number of carbonyl (C=O) groups is 2. The quantitative estimate of drug-likeness (QED) is 0.731. The third-order valence-corrected chi connectivity index (χ3v) is 5.93. The Hall–Kier alpha value is -1.10. The fourth-order valence-electron chi connectivity index (χ4n) is 4.59. The van der Waals surface area contributed by atoms with Gasteiger partial charge in [-0.25, -0.2) is 0 Å². The summed E-state index contributed by atoms with van der Waals surface area (Å²) < 4.78 is 0. The molecule has 0 unspecified atom stereocenters. The Balaban J connectivity index is 1.99. The van der Waals surface area contributed by atoms with Gasteiger partial charge in [0, 0.05) is 31.0 Å². The maximum Gasteiger partial charge on any atom is 0.226 e. The van der Waals surface area contributed by atoms with Crippen LogP contribution in [-0.2, 0) is 9.59 Å². The molecule has 2 aliphatic heterocycles. The van der Waals surface area contributed by atoms with Gasteiger partial charge in [0.25, 0.3) is 0 Å². The van der Waals surface area contributed by atoms with Crippen LogP contribution in [0.25, 0.3) is 0 Å². The average molecular weight is 352 g/mol. The SMILES string of the molecule is CCC[C@H](C(N)=O)[C@@H](CC(C)C)C(=O)N1CCC(N2CCCC2)CC1. The van der Waals surface area contributed by atoms with Crippen LogP contribution in [0.2, 0.25) is 0 Å². The van der Waals surface area contributed by atoms with E-state index in [-0.39, 0.29) is 23.7 Å². The van der Waals surface area contributed by atoms with E-state index in [1.807, 2.05) is 11.8 Å². The highest BCUT2D eigenvalue weighted by Crippen LogP contribution is 2.29. The zero-order valence-corrected chi connectivity index (χ0v) is 16.4. The topological polar surface area (TPSA) is 66.6 Å². The molecule has 0 bridgehead atoms. The Morgan fingerprint density at radius 3 is 2.12 bits per heavy atom. The molecule has 144 valence electrons. The molecule has 2 saturated heterocycles. The van der Waals surface area contributed by atoms with Crippen LogP contribution < -0.4 is 5.73 Å². The normalized spacial score (nSPS) is 22.3. The van der Waals surface area contributed by atoms with E-state index in [4.69, 9.17) is 5.73 Å². The van der Waals surface area contributed by atoms with Gasteiger partial charge in [-0.1, -0.05) is 27.2 Å². The summed E-state index contributed by atoms with van der Waals surface area (Å²) in [6.07, 6.45) is 7.10. The number of nitrogens with two attached hydrogens (primary N) is 1. The molecule has 5 nitrogen and oxygen atoms in total. The van der Waals surface area contributed by atoms with E-state index >= 15 is 0 Å². The van der Waals surface area contributed by atoms with Crippen LogP contribution in [0.15, 0.2) is 0 Å². The van der Waals surface area contributed by atoms with Crippen LogP contribution in [0, 0.1) is 17.8 Å². The molecule has 25 heavy (non-hydrogen) atoms. The van der Waals surface area contributed by atoms with Gasteiger partial charge < -0.3 is 15.5 Å². The lowest BCUT2D eigenvalue weighted by molar-refractivity contribution is -0.143. The number of likely N-dealkylation sites (tertiary alicyclic amines) is 2. The van der Waals surface area contributed by atoms with Gasteiger partial charge >= 0.3 is 0 Å². The van der Waals surface area contributed by atoms with E-state index in [9.17, 15) is 9.59 Å². The third kappa shape index (κ3) is 5.44. The number of primary amides is 1. The molecular weight excluding hydrogens is 314 g/mol. The van der Waals surface area contributed by atoms with E-state index in [1.165, 1.54) is 25.9 Å². The number of carbonyl (C=O) groups excluding carboxylic acids is 2. The molecular formula is C20H37N3O2. The minimum atomic E-state index is -0.323. The van der Waals surface area contributed by atoms with E-state index in [1.54, 1.807) is 0 Å². The molecule has 2 N–H and O–H groups in total. The minimum Gasteiger partial charge on any atom is -0.369 e. The molecule has 0 aromatic heterocycles. The summed E-state index contributed by atoms with van der Waals surface area (Å²) in [7, 11) is 0. The van der Waals surface area contributed by atoms with Crippen LogP contribution in [0.3, 0.4) is 0 Å². The molecule has 2 aliphatic rings. The van der Waals surface area contributed by atoms with Crippen molar-refractivity contribution in [2.45, 2.75) is 71.8 Å². The molecule has 0 saturated carbocycles. The summed E-state index contributed by atoms with van der Waals surface area (Å²) in [6, 6.07) is 0.637. The fraction of sp³-hybridized carbons (Fsp3) is 0.900. The average Bonchev–Trinajstić information content (AvgIpc) is 3.11. The largest absolute Gasteiger partial charge is 0.369 e. The standard InChI is InChI=1S/C20H37N3O2/c1-4-7-17(19(21)24)18(14-15(2)3)20(25)23-12-8-16(9-13-23)22-10-5-6-11-22/h15-18H,4-14H2,1-3H3,(H2,21,24)/t17-,18+/m0/s1. The van der Waals surface area contributed by atoms with Crippen molar-refractivity contribution in [3.8, 4) is 0 Å². The number of nitrogens with zero attached hydrogens (tertiary/aromatic N) is 2. The van der Waals surface area contributed by atoms with Crippen LogP contribution in [0.5, 0.6) is 0 Å². The number of piperidine rings is 1. The second-order valence-electron chi connectivity index (χ2n) is 8.33. The molecule has 2 amide bonds. The zero-order valence-electron chi connectivity index (χ0n) is 16.4. The van der Waals surface area contributed by atoms with Gasteiger partial charge in [0.05, 0.1) is 0 Å². The zero-order chi connectivity index (χ0) is 18.4. The highest BCUT2D eigenvalue weighted by atomic mass is 16.2. The predicted octanol–water partition coefficient (Wildman–Crippen LogP) is 2.64. The first-order chi connectivity index (χ1) is 11.9. The van der Waals surface area contributed by atoms with Gasteiger partial charge in [0.1, 0.15) is 0 Å². The summed E-state index contributed by atoms with van der Waals surface area (Å²) in [5, 5.41) is 0. The third-order valence-electron chi connectivity index (χ3n) is 5.93. The van der Waals surface area contributed by atoms with E-state index in [0.717, 1.165) is 38.8 Å². The number of amides is 2. The van der Waals surface area contributed by atoms with Crippen molar-refractivity contribution < 1.29 is 9.59 Å². The van der Waals surface area contributed by atoms with Crippen LogP contribution in [0.4, 0.5) is 0 Å². The summed E-state index contributed by atoms with van der Waals surface area (Å²) in [5.74, 6) is -0.342. The van der Waals surface area contributed by atoms with Gasteiger partial charge in [-0.05, 0) is 57.5 Å². The molecule has 0 radical (unpaired) electrons. The van der Waals surface area contributed by atoms with Crippen molar-refractivity contribution in [1.82, 2.24) is 9.80 Å². The lowest BCUT2D eigenvalue weighted by atomic mass is 9.81. The Bertz CT molecular complexity index is 438. The van der Waals surface area contributed by atoms with E-state index in [2.05, 4.69) is 18.7 Å². The van der Waals surface area contributed by atoms with Crippen molar-refractivity contribution in [2.24, 2.45) is 23.5 Å². The monoisotopic (exact) mass is 351 g/mol. The Kier molecular flexibility index (Phi) is 7.73. The van der Waals surface area contributed by atoms with Gasteiger partial charge in [-0.3, -0.25) is 9.59 Å². The molecule has 0 spiro atoms. The lowest BCUT2D eigenvalue weighted by Gasteiger charge is -2.39. The fourth-order valence-corrected chi connectivity index (χ4v) is 4.59. The molecule has 0 aromatic rings. The lowest BCUT2D eigenvalue weighted by Crippen LogP contribution is -2.49. The maximum absolute atomic E-state index is 13.2. The van der Waals surface area contributed by atoms with Crippen LogP contribution in [0.1, 0.15) is 65.7 Å². The summed E-state index contributed by atoms with van der Waals surface area (Å²) in [6.45, 7) is 10.4. The second-order valence-corrected chi connectivity index (χ2v) is 8.33. The molecule has 2 rings (SSSR count). The summed E-state index contributed by atoms with van der Waals surface area (Å²) in [4.78, 5) is 29.8. The van der Waals surface area contributed by atoms with Crippen molar-refractivity contribution >= 4 is 11.8 Å². The molecule has 2 fully saturated rings. The van der Waals surface area contributed by atoms with Crippen molar-refractivity contribution in [3.05, 3.63) is 0 Å². The van der Waals surface area contributed by atoms with Crippen LogP contribution in [-0.4, -0.2) is 53.8 Å². The Morgan fingerprint density at radius 1 is 1.04 bits per heavy atom.